The molecule has 1 saturated heterocycles. The van der Waals surface area contributed by atoms with Crippen LogP contribution in [0.25, 0.3) is 0 Å². The fraction of sp³-hybridized carbons (Fsp3) is 0.481. The number of aromatic nitrogens is 2. The third-order valence-corrected chi connectivity index (χ3v) is 7.44. The molecule has 2 amide bonds. The number of nitrogens with one attached hydrogen (secondary N) is 2. The van der Waals surface area contributed by atoms with E-state index in [0.29, 0.717) is 17.6 Å². The quantitative estimate of drug-likeness (QED) is 0.486. The van der Waals surface area contributed by atoms with E-state index in [4.69, 9.17) is 10.7 Å². The highest BCUT2D eigenvalue weighted by Crippen LogP contribution is 2.30. The molecule has 192 valence electrons. The molecule has 2 heterocycles. The maximum atomic E-state index is 12.1. The third kappa shape index (κ3) is 6.20. The average Bonchev–Trinajstić information content (AvgIpc) is 2.89. The second-order valence-electron chi connectivity index (χ2n) is 9.96. The van der Waals surface area contributed by atoms with E-state index < -0.39 is 5.91 Å². The zero-order chi connectivity index (χ0) is 25.7. The Morgan fingerprint density at radius 3 is 2.56 bits per heavy atom. The zero-order valence-corrected chi connectivity index (χ0v) is 21.2. The summed E-state index contributed by atoms with van der Waals surface area (Å²) in [6.45, 7) is 5.77. The first-order chi connectivity index (χ1) is 17.3. The second kappa shape index (κ2) is 11.5. The molecule has 4 N–H and O–H groups in total. The van der Waals surface area contributed by atoms with Crippen molar-refractivity contribution in [2.75, 3.05) is 37.4 Å². The van der Waals surface area contributed by atoms with Crippen LogP contribution in [-0.4, -0.2) is 66.0 Å². The van der Waals surface area contributed by atoms with E-state index >= 15 is 0 Å². The minimum absolute atomic E-state index is 0.0928. The van der Waals surface area contributed by atoms with Crippen molar-refractivity contribution in [2.45, 2.75) is 56.5 Å². The molecule has 0 radical (unpaired) electrons. The molecule has 9 nitrogen and oxygen atoms in total. The molecule has 0 spiro atoms. The molecular formula is C27H37N7O2. The van der Waals surface area contributed by atoms with Crippen LogP contribution in [0.4, 0.5) is 17.3 Å². The number of likely N-dealkylation sites (tertiary alicyclic amines) is 1. The number of amides is 2. The van der Waals surface area contributed by atoms with Gasteiger partial charge in [-0.3, -0.25) is 9.59 Å². The predicted molar refractivity (Wildman–Crippen MR) is 143 cm³/mol. The number of nitrogens with zero attached hydrogens (tertiary/aromatic N) is 4. The number of carbonyl (C=O) groups excluding carboxylic acids is 2. The molecule has 1 aromatic heterocycles. The lowest BCUT2D eigenvalue weighted by molar-refractivity contribution is -0.117. The molecule has 1 aromatic carbocycles. The summed E-state index contributed by atoms with van der Waals surface area (Å²) < 4.78 is 0. The summed E-state index contributed by atoms with van der Waals surface area (Å²) >= 11 is 0. The lowest BCUT2D eigenvalue weighted by atomic mass is 9.89. The summed E-state index contributed by atoms with van der Waals surface area (Å²) in [5.74, 6) is 0.774. The Morgan fingerprint density at radius 1 is 1.17 bits per heavy atom. The highest BCUT2D eigenvalue weighted by Gasteiger charge is 2.27. The van der Waals surface area contributed by atoms with E-state index in [9.17, 15) is 9.59 Å². The molecule has 9 heteroatoms. The summed E-state index contributed by atoms with van der Waals surface area (Å²) in [5, 5.41) is 6.26. The molecule has 2 aromatic rings. The smallest absolute Gasteiger partial charge is 0.271 e. The third-order valence-electron chi connectivity index (χ3n) is 7.44. The number of primary amides is 1. The fourth-order valence-electron chi connectivity index (χ4n) is 5.23. The number of piperidine rings is 1. The van der Waals surface area contributed by atoms with Gasteiger partial charge in [-0.15, -0.1) is 0 Å². The van der Waals surface area contributed by atoms with E-state index in [1.165, 1.54) is 11.6 Å². The van der Waals surface area contributed by atoms with E-state index in [0.717, 1.165) is 57.3 Å². The van der Waals surface area contributed by atoms with Crippen LogP contribution in [0.2, 0.25) is 0 Å². The van der Waals surface area contributed by atoms with Gasteiger partial charge in [-0.25, -0.2) is 9.97 Å². The Kier molecular flexibility index (Phi) is 8.20. The Bertz CT molecular complexity index is 1080. The molecule has 2 fully saturated rings. The van der Waals surface area contributed by atoms with Crippen molar-refractivity contribution in [3.63, 3.8) is 0 Å². The lowest BCUT2D eigenvalue weighted by Gasteiger charge is -2.36. The van der Waals surface area contributed by atoms with Crippen molar-refractivity contribution in [1.29, 1.82) is 0 Å². The van der Waals surface area contributed by atoms with Crippen LogP contribution >= 0.6 is 0 Å². The van der Waals surface area contributed by atoms with Gasteiger partial charge in [0, 0.05) is 24.8 Å². The molecule has 1 unspecified atom stereocenters. The maximum Gasteiger partial charge on any atom is 0.271 e. The second-order valence-corrected chi connectivity index (χ2v) is 9.96. The number of anilines is 3. The molecule has 1 aliphatic heterocycles. The predicted octanol–water partition coefficient (Wildman–Crippen LogP) is 3.18. The van der Waals surface area contributed by atoms with Crippen LogP contribution in [-0.2, 0) is 4.79 Å². The van der Waals surface area contributed by atoms with Gasteiger partial charge in [-0.2, -0.15) is 0 Å². The van der Waals surface area contributed by atoms with Crippen LogP contribution in [0.3, 0.4) is 0 Å². The monoisotopic (exact) mass is 491 g/mol. The lowest BCUT2D eigenvalue weighted by Crippen LogP contribution is -2.44. The molecule has 2 atom stereocenters. The molecule has 1 saturated carbocycles. The molecule has 2 aliphatic rings. The van der Waals surface area contributed by atoms with Crippen molar-refractivity contribution in [1.82, 2.24) is 20.2 Å². The standard InChI is InChI=1S/C27H37N7O2/c1-4-24(35)30-21-6-5-7-22(16-21)34(3)23-17-29-25(26(28)36)27(32-23)31-20-10-8-18(9-11-20)19-12-14-33(2)15-13-19/h4,8-11,17,19,21-22H,1,5-7,12-16H2,2-3H3,(H2,28,36)(H,30,35)(H,31,32)/t21?,22-/m1/s1. The van der Waals surface area contributed by atoms with E-state index in [1.807, 2.05) is 19.2 Å². The topological polar surface area (TPSA) is 116 Å². The molecule has 1 aliphatic carbocycles. The van der Waals surface area contributed by atoms with Crippen molar-refractivity contribution >= 4 is 29.1 Å². The van der Waals surface area contributed by atoms with Crippen LogP contribution in [0.1, 0.15) is 60.5 Å². The van der Waals surface area contributed by atoms with Crippen LogP contribution in [0.5, 0.6) is 0 Å². The summed E-state index contributed by atoms with van der Waals surface area (Å²) in [6, 6.07) is 8.60. The molecule has 0 bridgehead atoms. The van der Waals surface area contributed by atoms with E-state index in [-0.39, 0.29) is 23.7 Å². The van der Waals surface area contributed by atoms with Gasteiger partial charge >= 0.3 is 0 Å². The minimum atomic E-state index is -0.632. The van der Waals surface area contributed by atoms with Crippen LogP contribution in [0, 0.1) is 0 Å². The first-order valence-corrected chi connectivity index (χ1v) is 12.7. The van der Waals surface area contributed by atoms with Gasteiger partial charge in [0.2, 0.25) is 5.91 Å². The SMILES string of the molecule is C=CC(=O)NC1CCC[C@@H](N(C)c2cnc(C(N)=O)c(Nc3ccc(C4CCN(C)CC4)cc3)n2)C1. The van der Waals surface area contributed by atoms with Gasteiger partial charge in [0.25, 0.3) is 5.91 Å². The highest BCUT2D eigenvalue weighted by molar-refractivity contribution is 5.96. The van der Waals surface area contributed by atoms with Crippen molar-refractivity contribution in [3.8, 4) is 0 Å². The van der Waals surface area contributed by atoms with Gasteiger partial charge in [0.05, 0.1) is 6.20 Å². The summed E-state index contributed by atoms with van der Waals surface area (Å²) in [5.41, 5.74) is 7.86. The maximum absolute atomic E-state index is 12.1. The van der Waals surface area contributed by atoms with E-state index in [1.54, 1.807) is 6.20 Å². The first-order valence-electron chi connectivity index (χ1n) is 12.7. The number of rotatable bonds is 8. The van der Waals surface area contributed by atoms with Crippen molar-refractivity contribution in [3.05, 3.63) is 54.4 Å². The van der Waals surface area contributed by atoms with Crippen molar-refractivity contribution < 1.29 is 9.59 Å². The molecule has 4 rings (SSSR count). The normalized spacial score (nSPS) is 20.9. The Labute approximate surface area is 213 Å². The fourth-order valence-corrected chi connectivity index (χ4v) is 5.23. The van der Waals surface area contributed by atoms with Crippen LogP contribution < -0.4 is 21.3 Å². The largest absolute Gasteiger partial charge is 0.364 e. The highest BCUT2D eigenvalue weighted by atomic mass is 16.2. The Morgan fingerprint density at radius 2 is 1.89 bits per heavy atom. The first kappa shape index (κ1) is 25.6. The number of nitrogens with two attached hydrogens (primary N) is 1. The minimum Gasteiger partial charge on any atom is -0.364 e. The number of benzene rings is 1. The van der Waals surface area contributed by atoms with Gasteiger partial charge in [-0.1, -0.05) is 18.7 Å². The Balaban J connectivity index is 1.48. The molecule has 36 heavy (non-hydrogen) atoms. The average molecular weight is 492 g/mol. The van der Waals surface area contributed by atoms with Gasteiger partial charge in [0.1, 0.15) is 5.82 Å². The number of hydrogen-bond donors (Lipinski definition) is 3. The van der Waals surface area contributed by atoms with Crippen LogP contribution in [0.15, 0.2) is 43.1 Å². The summed E-state index contributed by atoms with van der Waals surface area (Å²) in [4.78, 5) is 37.3. The van der Waals surface area contributed by atoms with Gasteiger partial charge in [-0.05, 0) is 88.4 Å². The Hall–Kier alpha value is -3.46. The van der Waals surface area contributed by atoms with E-state index in [2.05, 4.69) is 51.2 Å². The number of carbonyl (C=O) groups is 2. The van der Waals surface area contributed by atoms with Crippen molar-refractivity contribution in [2.24, 2.45) is 5.73 Å². The molecular weight excluding hydrogens is 454 g/mol. The number of hydrogen-bond acceptors (Lipinski definition) is 7. The summed E-state index contributed by atoms with van der Waals surface area (Å²) in [7, 11) is 4.13. The zero-order valence-electron chi connectivity index (χ0n) is 21.2. The van der Waals surface area contributed by atoms with Gasteiger partial charge in [0.15, 0.2) is 11.5 Å². The van der Waals surface area contributed by atoms with Gasteiger partial charge < -0.3 is 26.2 Å². The summed E-state index contributed by atoms with van der Waals surface area (Å²) in [6.07, 6.45) is 8.94.